The third kappa shape index (κ3) is 3.32. The van der Waals surface area contributed by atoms with E-state index in [1.807, 2.05) is 11.1 Å². The van der Waals surface area contributed by atoms with Gasteiger partial charge in [0.2, 0.25) is 5.91 Å². The fraction of sp³-hybridized carbons (Fsp3) is 0.667. The van der Waals surface area contributed by atoms with Gasteiger partial charge in [0.15, 0.2) is 0 Å². The zero-order valence-electron chi connectivity index (χ0n) is 12.6. The molecule has 1 atom stereocenters. The molecule has 6 heteroatoms. The first kappa shape index (κ1) is 14.3. The van der Waals surface area contributed by atoms with Gasteiger partial charge in [-0.05, 0) is 12.8 Å². The highest BCUT2D eigenvalue weighted by Crippen LogP contribution is 2.23. The van der Waals surface area contributed by atoms with E-state index in [4.69, 9.17) is 0 Å². The molecule has 0 radical (unpaired) electrons. The Morgan fingerprint density at radius 1 is 1.33 bits per heavy atom. The van der Waals surface area contributed by atoms with Crippen LogP contribution in [0.5, 0.6) is 0 Å². The van der Waals surface area contributed by atoms with Gasteiger partial charge in [-0.2, -0.15) is 0 Å². The van der Waals surface area contributed by atoms with Gasteiger partial charge in [-0.25, -0.2) is 4.98 Å². The molecule has 1 unspecified atom stereocenters. The second-order valence-corrected chi connectivity index (χ2v) is 5.83. The van der Waals surface area contributed by atoms with Crippen molar-refractivity contribution in [3.05, 3.63) is 18.1 Å². The van der Waals surface area contributed by atoms with Gasteiger partial charge in [-0.15, -0.1) is 0 Å². The van der Waals surface area contributed by atoms with Gasteiger partial charge in [0.05, 0.1) is 18.1 Å². The van der Waals surface area contributed by atoms with E-state index >= 15 is 0 Å². The van der Waals surface area contributed by atoms with Gasteiger partial charge in [0.1, 0.15) is 5.82 Å². The largest absolute Gasteiger partial charge is 0.369 e. The third-order valence-electron chi connectivity index (χ3n) is 4.23. The van der Waals surface area contributed by atoms with Crippen LogP contribution in [0.4, 0.5) is 5.82 Å². The van der Waals surface area contributed by atoms with Crippen LogP contribution in [0.15, 0.2) is 12.4 Å². The normalized spacial score (nSPS) is 22.4. The summed E-state index contributed by atoms with van der Waals surface area (Å²) in [6.07, 6.45) is 6.45. The van der Waals surface area contributed by atoms with E-state index in [9.17, 15) is 4.79 Å². The van der Waals surface area contributed by atoms with Crippen LogP contribution in [0.25, 0.3) is 0 Å². The molecule has 2 fully saturated rings. The van der Waals surface area contributed by atoms with Crippen molar-refractivity contribution in [2.45, 2.75) is 38.8 Å². The molecule has 1 aromatic rings. The zero-order chi connectivity index (χ0) is 14.7. The Labute approximate surface area is 125 Å². The summed E-state index contributed by atoms with van der Waals surface area (Å²) in [7, 11) is 0. The molecule has 0 bridgehead atoms. The summed E-state index contributed by atoms with van der Waals surface area (Å²) in [5.41, 5.74) is 0.995. The summed E-state index contributed by atoms with van der Waals surface area (Å²) >= 11 is 0. The van der Waals surface area contributed by atoms with Crippen LogP contribution in [-0.4, -0.2) is 57.9 Å². The van der Waals surface area contributed by atoms with Crippen molar-refractivity contribution >= 4 is 11.7 Å². The minimum Gasteiger partial charge on any atom is -0.369 e. The van der Waals surface area contributed by atoms with Crippen LogP contribution < -0.4 is 5.32 Å². The maximum absolute atomic E-state index is 11.7. The molecule has 2 saturated heterocycles. The number of aromatic nitrogens is 2. The number of fused-ring (bicyclic) bond motifs is 1. The first-order valence-electron chi connectivity index (χ1n) is 7.83. The predicted molar refractivity (Wildman–Crippen MR) is 80.8 cm³/mol. The number of hydrogen-bond donors (Lipinski definition) is 1. The molecule has 1 N–H and O–H groups in total. The van der Waals surface area contributed by atoms with Crippen molar-refractivity contribution in [3.8, 4) is 0 Å². The Hall–Kier alpha value is -1.69. The quantitative estimate of drug-likeness (QED) is 0.879. The number of anilines is 1. The first-order valence-corrected chi connectivity index (χ1v) is 7.83. The molecule has 0 aliphatic carbocycles. The maximum atomic E-state index is 11.7. The molecule has 0 spiro atoms. The van der Waals surface area contributed by atoms with E-state index in [-0.39, 0.29) is 0 Å². The maximum Gasteiger partial charge on any atom is 0.222 e. The summed E-state index contributed by atoms with van der Waals surface area (Å²) in [6, 6.07) is 0.407. The number of piperazine rings is 1. The smallest absolute Gasteiger partial charge is 0.222 e. The van der Waals surface area contributed by atoms with Gasteiger partial charge >= 0.3 is 0 Å². The highest BCUT2D eigenvalue weighted by atomic mass is 16.2. The Bertz CT molecular complexity index is 489. The van der Waals surface area contributed by atoms with Crippen molar-refractivity contribution in [2.75, 3.05) is 31.5 Å². The van der Waals surface area contributed by atoms with E-state index in [0.717, 1.165) is 63.5 Å². The van der Waals surface area contributed by atoms with E-state index in [2.05, 4.69) is 27.1 Å². The van der Waals surface area contributed by atoms with Gasteiger partial charge in [-0.1, -0.05) is 6.92 Å². The van der Waals surface area contributed by atoms with E-state index in [0.29, 0.717) is 11.9 Å². The molecule has 3 rings (SSSR count). The summed E-state index contributed by atoms with van der Waals surface area (Å²) in [6.45, 7) is 6.61. The summed E-state index contributed by atoms with van der Waals surface area (Å²) < 4.78 is 0. The first-order chi connectivity index (χ1) is 10.3. The number of carbonyl (C=O) groups is 1. The molecule has 1 amide bonds. The number of nitrogens with one attached hydrogen (secondary N) is 1. The number of rotatable bonds is 5. The predicted octanol–water partition coefficient (Wildman–Crippen LogP) is 1.11. The standard InChI is InChI=1S/C15H23N5O/c1-2-5-16-14-9-17-12(8-18-14)10-19-6-7-20-13(11-19)3-4-15(20)21/h8-9,13H,2-7,10-11H2,1H3,(H,16,18). The second kappa shape index (κ2) is 6.39. The molecule has 3 heterocycles. The molecule has 2 aliphatic rings. The molecule has 0 saturated carbocycles. The van der Waals surface area contributed by atoms with Crippen LogP contribution in [0, 0.1) is 0 Å². The fourth-order valence-corrected chi connectivity index (χ4v) is 3.08. The topological polar surface area (TPSA) is 61.4 Å². The van der Waals surface area contributed by atoms with Crippen LogP contribution in [0.1, 0.15) is 31.9 Å². The lowest BCUT2D eigenvalue weighted by atomic mass is 10.1. The molecule has 0 aromatic carbocycles. The van der Waals surface area contributed by atoms with Crippen LogP contribution in [-0.2, 0) is 11.3 Å². The minimum absolute atomic E-state index is 0.325. The average molecular weight is 289 g/mol. The number of amides is 1. The monoisotopic (exact) mass is 289 g/mol. The molecule has 1 aromatic heterocycles. The Morgan fingerprint density at radius 2 is 2.24 bits per heavy atom. The van der Waals surface area contributed by atoms with Crippen LogP contribution >= 0.6 is 0 Å². The highest BCUT2D eigenvalue weighted by Gasteiger charge is 2.35. The van der Waals surface area contributed by atoms with Crippen molar-refractivity contribution < 1.29 is 4.79 Å². The molecular weight excluding hydrogens is 266 g/mol. The number of carbonyl (C=O) groups excluding carboxylic acids is 1. The van der Waals surface area contributed by atoms with Crippen molar-refractivity contribution in [2.24, 2.45) is 0 Å². The van der Waals surface area contributed by atoms with Gasteiger partial charge < -0.3 is 10.2 Å². The lowest BCUT2D eigenvalue weighted by Gasteiger charge is -2.37. The average Bonchev–Trinajstić information content (AvgIpc) is 2.87. The lowest BCUT2D eigenvalue weighted by molar-refractivity contribution is -0.130. The number of hydrogen-bond acceptors (Lipinski definition) is 5. The third-order valence-corrected chi connectivity index (χ3v) is 4.23. The summed E-state index contributed by atoms with van der Waals surface area (Å²) in [4.78, 5) is 25.0. The second-order valence-electron chi connectivity index (χ2n) is 5.83. The minimum atomic E-state index is 0.325. The zero-order valence-corrected chi connectivity index (χ0v) is 12.6. The fourth-order valence-electron chi connectivity index (χ4n) is 3.08. The van der Waals surface area contributed by atoms with Gasteiger partial charge in [0, 0.05) is 45.2 Å². The van der Waals surface area contributed by atoms with Crippen LogP contribution in [0.3, 0.4) is 0 Å². The van der Waals surface area contributed by atoms with Gasteiger partial charge in [-0.3, -0.25) is 14.7 Å². The summed E-state index contributed by atoms with van der Waals surface area (Å²) in [5, 5.41) is 3.23. The molecule has 2 aliphatic heterocycles. The van der Waals surface area contributed by atoms with Crippen molar-refractivity contribution in [1.82, 2.24) is 19.8 Å². The highest BCUT2D eigenvalue weighted by molar-refractivity contribution is 5.78. The van der Waals surface area contributed by atoms with E-state index in [1.54, 1.807) is 6.20 Å². The Balaban J connectivity index is 1.53. The SMILES string of the molecule is CCCNc1cnc(CN2CCN3C(=O)CCC3C2)cn1. The molecule has 114 valence electrons. The Kier molecular flexibility index (Phi) is 4.34. The Morgan fingerprint density at radius 3 is 3.00 bits per heavy atom. The molecule has 21 heavy (non-hydrogen) atoms. The number of nitrogens with zero attached hydrogens (tertiary/aromatic N) is 4. The van der Waals surface area contributed by atoms with Gasteiger partial charge in [0.25, 0.3) is 0 Å². The van der Waals surface area contributed by atoms with E-state index < -0.39 is 0 Å². The van der Waals surface area contributed by atoms with Crippen LogP contribution in [0.2, 0.25) is 0 Å². The molecular formula is C15H23N5O. The summed E-state index contributed by atoms with van der Waals surface area (Å²) in [5.74, 6) is 1.16. The van der Waals surface area contributed by atoms with E-state index in [1.165, 1.54) is 0 Å². The van der Waals surface area contributed by atoms with Crippen molar-refractivity contribution in [3.63, 3.8) is 0 Å². The van der Waals surface area contributed by atoms with Crippen molar-refractivity contribution in [1.29, 1.82) is 0 Å². The lowest BCUT2D eigenvalue weighted by Crippen LogP contribution is -2.51. The molecule has 6 nitrogen and oxygen atoms in total.